The van der Waals surface area contributed by atoms with Crippen LogP contribution in [-0.2, 0) is 19.7 Å². The maximum Gasteiger partial charge on any atom is 0.295 e. The van der Waals surface area contributed by atoms with E-state index in [-0.39, 0.29) is 29.9 Å². The maximum atomic E-state index is 13.0. The first kappa shape index (κ1) is 23.5. The molecule has 1 saturated heterocycles. The highest BCUT2D eigenvalue weighted by Gasteiger charge is 2.45. The predicted octanol–water partition coefficient (Wildman–Crippen LogP) is 4.45. The first-order valence-electron chi connectivity index (χ1n) is 10.8. The Morgan fingerprint density at radius 1 is 1.03 bits per heavy atom. The fraction of sp³-hybridized carbons (Fsp3) is 0.385. The third-order valence-corrected chi connectivity index (χ3v) is 5.61. The van der Waals surface area contributed by atoms with Crippen molar-refractivity contribution < 1.29 is 24.2 Å². The molecule has 1 heterocycles. The second kappa shape index (κ2) is 9.57. The Bertz CT molecular complexity index is 1000. The van der Waals surface area contributed by atoms with Crippen LogP contribution >= 0.6 is 0 Å². The zero-order chi connectivity index (χ0) is 23.5. The van der Waals surface area contributed by atoms with E-state index in [0.717, 1.165) is 11.1 Å². The Kier molecular flexibility index (Phi) is 7.04. The Morgan fingerprint density at radius 2 is 1.66 bits per heavy atom. The number of nitrogens with zero attached hydrogens (tertiary/aromatic N) is 1. The molecule has 32 heavy (non-hydrogen) atoms. The fourth-order valence-corrected chi connectivity index (χ4v) is 3.84. The van der Waals surface area contributed by atoms with Crippen molar-refractivity contribution >= 4 is 17.4 Å². The number of aliphatic hydroxyl groups is 1. The molecule has 0 aromatic heterocycles. The summed E-state index contributed by atoms with van der Waals surface area (Å²) in [6.45, 7) is 9.32. The highest BCUT2D eigenvalue weighted by atomic mass is 16.5. The molecule has 1 atom stereocenters. The first-order valence-corrected chi connectivity index (χ1v) is 10.8. The summed E-state index contributed by atoms with van der Waals surface area (Å²) < 4.78 is 10.6. The van der Waals surface area contributed by atoms with E-state index in [4.69, 9.17) is 9.47 Å². The van der Waals surface area contributed by atoms with Crippen molar-refractivity contribution in [1.29, 1.82) is 0 Å². The van der Waals surface area contributed by atoms with E-state index in [0.29, 0.717) is 17.9 Å². The summed E-state index contributed by atoms with van der Waals surface area (Å²) >= 11 is 0. The second-order valence-electron chi connectivity index (χ2n) is 8.81. The van der Waals surface area contributed by atoms with Crippen LogP contribution in [0.3, 0.4) is 0 Å². The molecule has 6 heteroatoms. The normalized spacial score (nSPS) is 18.3. The summed E-state index contributed by atoms with van der Waals surface area (Å²) in [5, 5.41) is 11.1. The van der Waals surface area contributed by atoms with Crippen molar-refractivity contribution in [2.24, 2.45) is 0 Å². The molecular weight excluding hydrogens is 406 g/mol. The maximum absolute atomic E-state index is 13.0. The number of benzene rings is 2. The van der Waals surface area contributed by atoms with Gasteiger partial charge in [0.1, 0.15) is 11.5 Å². The minimum Gasteiger partial charge on any atom is -0.507 e. The molecule has 1 fully saturated rings. The number of carbonyl (C=O) groups excluding carboxylic acids is 2. The number of likely N-dealkylation sites (tertiary alicyclic amines) is 1. The minimum absolute atomic E-state index is 0.0291. The monoisotopic (exact) mass is 437 g/mol. The average molecular weight is 438 g/mol. The van der Waals surface area contributed by atoms with Gasteiger partial charge in [-0.2, -0.15) is 0 Å². The van der Waals surface area contributed by atoms with E-state index in [2.05, 4.69) is 20.8 Å². The third-order valence-electron chi connectivity index (χ3n) is 5.61. The van der Waals surface area contributed by atoms with E-state index in [1.54, 1.807) is 31.4 Å². The summed E-state index contributed by atoms with van der Waals surface area (Å²) in [7, 11) is 1.55. The Morgan fingerprint density at radius 3 is 2.19 bits per heavy atom. The lowest BCUT2D eigenvalue weighted by Gasteiger charge is -2.26. The van der Waals surface area contributed by atoms with Gasteiger partial charge in [-0.25, -0.2) is 0 Å². The fourth-order valence-electron chi connectivity index (χ4n) is 3.84. The van der Waals surface area contributed by atoms with Crippen molar-refractivity contribution in [1.82, 2.24) is 4.90 Å². The lowest BCUT2D eigenvalue weighted by molar-refractivity contribution is -0.140. The van der Waals surface area contributed by atoms with Crippen LogP contribution in [0.15, 0.2) is 54.1 Å². The van der Waals surface area contributed by atoms with E-state index in [1.165, 1.54) is 4.90 Å². The smallest absolute Gasteiger partial charge is 0.295 e. The summed E-state index contributed by atoms with van der Waals surface area (Å²) in [5.74, 6) is -0.869. The molecule has 2 aromatic carbocycles. The number of ether oxygens (including phenoxy) is 2. The number of methoxy groups -OCH3 is 1. The molecule has 170 valence electrons. The lowest BCUT2D eigenvalue weighted by atomic mass is 9.85. The number of hydrogen-bond acceptors (Lipinski definition) is 5. The Balaban J connectivity index is 2.09. The van der Waals surface area contributed by atoms with Gasteiger partial charge in [-0.3, -0.25) is 9.59 Å². The third kappa shape index (κ3) is 4.70. The van der Waals surface area contributed by atoms with Gasteiger partial charge in [0.25, 0.3) is 11.7 Å². The summed E-state index contributed by atoms with van der Waals surface area (Å²) in [4.78, 5) is 27.3. The molecule has 0 saturated carbocycles. The number of rotatable bonds is 7. The quantitative estimate of drug-likeness (QED) is 0.393. The van der Waals surface area contributed by atoms with Crippen molar-refractivity contribution in [3.05, 3.63) is 70.8 Å². The molecule has 6 nitrogen and oxygen atoms in total. The van der Waals surface area contributed by atoms with Crippen molar-refractivity contribution in [3.8, 4) is 5.75 Å². The van der Waals surface area contributed by atoms with Gasteiger partial charge in [-0.15, -0.1) is 0 Å². The molecule has 1 N–H and O–H groups in total. The number of Topliss-reactive ketones (excluding diaryl/α,β-unsaturated/α-hetero) is 1. The summed E-state index contributed by atoms with van der Waals surface area (Å²) in [5.41, 5.74) is 2.41. The van der Waals surface area contributed by atoms with Crippen LogP contribution in [0.25, 0.3) is 5.76 Å². The van der Waals surface area contributed by atoms with Crippen LogP contribution in [-0.4, -0.2) is 48.6 Å². The van der Waals surface area contributed by atoms with Crippen LogP contribution in [0.5, 0.6) is 5.75 Å². The molecule has 0 spiro atoms. The highest BCUT2D eigenvalue weighted by molar-refractivity contribution is 6.46. The first-order chi connectivity index (χ1) is 15.2. The molecule has 1 unspecified atom stereocenters. The van der Waals surface area contributed by atoms with Gasteiger partial charge in [0.15, 0.2) is 0 Å². The van der Waals surface area contributed by atoms with Crippen LogP contribution in [0.1, 0.15) is 50.4 Å². The minimum atomic E-state index is -0.697. The van der Waals surface area contributed by atoms with Crippen molar-refractivity contribution in [3.63, 3.8) is 0 Å². The van der Waals surface area contributed by atoms with Gasteiger partial charge in [-0.05, 0) is 47.7 Å². The van der Waals surface area contributed by atoms with Crippen LogP contribution in [0.4, 0.5) is 0 Å². The molecule has 3 rings (SSSR count). The van der Waals surface area contributed by atoms with Gasteiger partial charge >= 0.3 is 0 Å². The number of aliphatic hydroxyl groups excluding tert-OH is 1. The standard InChI is InChI=1S/C26H31NO5/c1-6-32-20-13-9-18(10-14-20)23(28)21-22(27(15-16-31-5)25(30)24(21)29)17-7-11-19(12-8-17)26(2,3)4/h7-14,22,28H,6,15-16H2,1-5H3. The molecular formula is C26H31NO5. The van der Waals surface area contributed by atoms with Gasteiger partial charge in [0.05, 0.1) is 24.8 Å². The molecule has 2 aromatic rings. The van der Waals surface area contributed by atoms with E-state index < -0.39 is 17.7 Å². The highest BCUT2D eigenvalue weighted by Crippen LogP contribution is 2.40. The zero-order valence-electron chi connectivity index (χ0n) is 19.3. The lowest BCUT2D eigenvalue weighted by Crippen LogP contribution is -2.32. The van der Waals surface area contributed by atoms with Gasteiger partial charge in [-0.1, -0.05) is 45.0 Å². The van der Waals surface area contributed by atoms with E-state index in [1.807, 2.05) is 31.2 Å². The van der Waals surface area contributed by atoms with Crippen LogP contribution in [0.2, 0.25) is 0 Å². The topological polar surface area (TPSA) is 76.1 Å². The molecule has 1 aliphatic rings. The zero-order valence-corrected chi connectivity index (χ0v) is 19.3. The van der Waals surface area contributed by atoms with Crippen LogP contribution in [0, 0.1) is 0 Å². The molecule has 0 aliphatic carbocycles. The van der Waals surface area contributed by atoms with E-state index in [9.17, 15) is 14.7 Å². The number of ketones is 1. The van der Waals surface area contributed by atoms with Gasteiger partial charge < -0.3 is 19.5 Å². The Hall–Kier alpha value is -3.12. The predicted molar refractivity (Wildman–Crippen MR) is 124 cm³/mol. The van der Waals surface area contributed by atoms with Crippen molar-refractivity contribution in [2.75, 3.05) is 26.9 Å². The molecule has 1 aliphatic heterocycles. The van der Waals surface area contributed by atoms with Gasteiger partial charge in [0.2, 0.25) is 0 Å². The Labute approximate surface area is 189 Å². The van der Waals surface area contributed by atoms with Crippen LogP contribution < -0.4 is 4.74 Å². The SMILES string of the molecule is CCOc1ccc(C(O)=C2C(=O)C(=O)N(CCOC)C2c2ccc(C(C)(C)C)cc2)cc1. The molecule has 1 amide bonds. The molecule has 0 radical (unpaired) electrons. The number of hydrogen-bond donors (Lipinski definition) is 1. The average Bonchev–Trinajstić information content (AvgIpc) is 3.02. The number of amides is 1. The second-order valence-corrected chi connectivity index (χ2v) is 8.81. The summed E-state index contributed by atoms with van der Waals surface area (Å²) in [6.07, 6.45) is 0. The number of carbonyl (C=O) groups is 2. The summed E-state index contributed by atoms with van der Waals surface area (Å²) in [6, 6.07) is 14.0. The van der Waals surface area contributed by atoms with Gasteiger partial charge in [0, 0.05) is 19.2 Å². The molecule has 0 bridgehead atoms. The van der Waals surface area contributed by atoms with E-state index >= 15 is 0 Å². The largest absolute Gasteiger partial charge is 0.507 e. The van der Waals surface area contributed by atoms with Crippen molar-refractivity contribution in [2.45, 2.75) is 39.2 Å².